The molecule has 2 heterocycles. The number of carbonyl (C=O) groups excluding carboxylic acids is 1. The Hall–Kier alpha value is -3.23. The van der Waals surface area contributed by atoms with Crippen LogP contribution in [0.15, 0.2) is 24.3 Å². The van der Waals surface area contributed by atoms with Crippen LogP contribution in [0, 0.1) is 5.82 Å². The predicted molar refractivity (Wildman–Crippen MR) is 92.6 cm³/mol. The molecule has 0 unspecified atom stereocenters. The molecule has 3 N–H and O–H groups in total. The molecule has 0 radical (unpaired) electrons. The first-order chi connectivity index (χ1) is 11.8. The van der Waals surface area contributed by atoms with Gasteiger partial charge in [-0.25, -0.2) is 4.39 Å². The van der Waals surface area contributed by atoms with E-state index >= 15 is 0 Å². The number of nitrogens with two attached hydrogens (primary N) is 1. The van der Waals surface area contributed by atoms with Crippen molar-refractivity contribution < 1.29 is 9.18 Å². The van der Waals surface area contributed by atoms with E-state index in [4.69, 9.17) is 5.73 Å². The van der Waals surface area contributed by atoms with Crippen molar-refractivity contribution in [3.63, 3.8) is 0 Å². The predicted octanol–water partition coefficient (Wildman–Crippen LogP) is 1.08. The van der Waals surface area contributed by atoms with Crippen molar-refractivity contribution in [3.8, 4) is 0 Å². The second-order valence-electron chi connectivity index (χ2n) is 5.78. The summed E-state index contributed by atoms with van der Waals surface area (Å²) >= 11 is 0. The Bertz CT molecular complexity index is 951. The van der Waals surface area contributed by atoms with Crippen LogP contribution in [-0.4, -0.2) is 39.5 Å². The average Bonchev–Trinajstić information content (AvgIpc) is 2.88. The molecule has 25 heavy (non-hydrogen) atoms. The number of nitrogens with one attached hydrogen (secondary N) is 1. The highest BCUT2D eigenvalue weighted by Gasteiger charge is 2.14. The summed E-state index contributed by atoms with van der Waals surface area (Å²) in [5.74, 6) is 0.195. The van der Waals surface area contributed by atoms with Crippen LogP contribution in [0.2, 0.25) is 0 Å². The minimum Gasteiger partial charge on any atom is -0.368 e. The zero-order valence-electron chi connectivity index (χ0n) is 14.1. The smallest absolute Gasteiger partial charge is 0.268 e. The van der Waals surface area contributed by atoms with Gasteiger partial charge in [-0.2, -0.15) is 15.0 Å². The van der Waals surface area contributed by atoms with Gasteiger partial charge in [0.25, 0.3) is 5.91 Å². The maximum atomic E-state index is 13.3. The molecule has 1 amide bonds. The molecule has 0 aliphatic rings. The average molecular weight is 343 g/mol. The Kier molecular flexibility index (Phi) is 4.22. The normalized spacial score (nSPS) is 10.9. The largest absolute Gasteiger partial charge is 0.368 e. The first-order valence-corrected chi connectivity index (χ1v) is 7.56. The van der Waals surface area contributed by atoms with E-state index in [1.165, 1.54) is 12.1 Å². The number of nitrogen functional groups attached to an aromatic ring is 1. The summed E-state index contributed by atoms with van der Waals surface area (Å²) in [6.07, 6.45) is 0. The van der Waals surface area contributed by atoms with Crippen LogP contribution in [0.4, 0.5) is 16.3 Å². The summed E-state index contributed by atoms with van der Waals surface area (Å²) in [6.45, 7) is 0.0995. The number of aryl methyl sites for hydroxylation is 1. The molecule has 0 fully saturated rings. The molecule has 0 saturated heterocycles. The van der Waals surface area contributed by atoms with Gasteiger partial charge < -0.3 is 20.5 Å². The highest BCUT2D eigenvalue weighted by Crippen LogP contribution is 2.19. The van der Waals surface area contributed by atoms with Gasteiger partial charge in [0, 0.05) is 32.0 Å². The second kappa shape index (κ2) is 6.34. The molecule has 8 nitrogen and oxygen atoms in total. The number of aromatic nitrogens is 4. The fourth-order valence-electron chi connectivity index (χ4n) is 2.49. The third-order valence-electron chi connectivity index (χ3n) is 3.73. The zero-order chi connectivity index (χ0) is 18.1. The van der Waals surface area contributed by atoms with Crippen molar-refractivity contribution in [1.29, 1.82) is 0 Å². The number of amides is 1. The Morgan fingerprint density at radius 2 is 2.04 bits per heavy atom. The number of nitrogens with zero attached hydrogens (tertiary/aromatic N) is 5. The molecular weight excluding hydrogens is 325 g/mol. The van der Waals surface area contributed by atoms with E-state index in [1.807, 2.05) is 0 Å². The lowest BCUT2D eigenvalue weighted by molar-refractivity contribution is 0.0942. The number of anilines is 2. The van der Waals surface area contributed by atoms with Crippen molar-refractivity contribution in [2.24, 2.45) is 7.05 Å². The number of rotatable bonds is 4. The Labute approximate surface area is 143 Å². The minimum atomic E-state index is -0.345. The monoisotopic (exact) mass is 343 g/mol. The van der Waals surface area contributed by atoms with Crippen LogP contribution >= 0.6 is 0 Å². The summed E-state index contributed by atoms with van der Waals surface area (Å²) in [5, 5.41) is 3.40. The second-order valence-corrected chi connectivity index (χ2v) is 5.78. The Balaban J connectivity index is 1.80. The molecule has 0 atom stereocenters. The van der Waals surface area contributed by atoms with E-state index in [9.17, 15) is 9.18 Å². The summed E-state index contributed by atoms with van der Waals surface area (Å²) < 4.78 is 15.0. The molecule has 9 heteroatoms. The molecule has 1 aromatic carbocycles. The van der Waals surface area contributed by atoms with Crippen LogP contribution in [-0.2, 0) is 13.6 Å². The molecule has 3 aromatic rings. The van der Waals surface area contributed by atoms with E-state index < -0.39 is 0 Å². The number of fused-ring (bicyclic) bond motifs is 1. The van der Waals surface area contributed by atoms with Crippen LogP contribution < -0.4 is 16.0 Å². The van der Waals surface area contributed by atoms with E-state index in [2.05, 4.69) is 20.3 Å². The molecule has 130 valence electrons. The quantitative estimate of drug-likeness (QED) is 0.735. The highest BCUT2D eigenvalue weighted by atomic mass is 19.1. The minimum absolute atomic E-state index is 0.0861. The van der Waals surface area contributed by atoms with Gasteiger partial charge in [-0.3, -0.25) is 4.79 Å². The van der Waals surface area contributed by atoms with Gasteiger partial charge in [-0.05, 0) is 24.3 Å². The number of halogens is 1. The Morgan fingerprint density at radius 1 is 1.28 bits per heavy atom. The van der Waals surface area contributed by atoms with Gasteiger partial charge >= 0.3 is 0 Å². The lowest BCUT2D eigenvalue weighted by Gasteiger charge is -2.12. The van der Waals surface area contributed by atoms with E-state index in [0.29, 0.717) is 22.9 Å². The van der Waals surface area contributed by atoms with Gasteiger partial charge in [0.1, 0.15) is 11.5 Å². The fraction of sp³-hybridized carbons (Fsp3) is 0.250. The van der Waals surface area contributed by atoms with Crippen molar-refractivity contribution in [2.75, 3.05) is 24.7 Å². The van der Waals surface area contributed by atoms with E-state index in [1.54, 1.807) is 42.7 Å². The first-order valence-electron chi connectivity index (χ1n) is 7.56. The van der Waals surface area contributed by atoms with Crippen LogP contribution in [0.5, 0.6) is 0 Å². The van der Waals surface area contributed by atoms with E-state index in [0.717, 1.165) is 5.52 Å². The van der Waals surface area contributed by atoms with Crippen molar-refractivity contribution in [3.05, 3.63) is 41.6 Å². The third-order valence-corrected chi connectivity index (χ3v) is 3.73. The number of hydrogen-bond donors (Lipinski definition) is 2. The highest BCUT2D eigenvalue weighted by molar-refractivity contribution is 5.98. The van der Waals surface area contributed by atoms with Gasteiger partial charge in [-0.1, -0.05) is 0 Å². The Morgan fingerprint density at radius 3 is 2.76 bits per heavy atom. The lowest BCUT2D eigenvalue weighted by Crippen LogP contribution is -2.26. The molecule has 2 aromatic heterocycles. The molecule has 0 aliphatic carbocycles. The molecule has 0 aliphatic heterocycles. The number of hydrogen-bond acceptors (Lipinski definition) is 6. The van der Waals surface area contributed by atoms with Crippen molar-refractivity contribution >= 4 is 28.7 Å². The van der Waals surface area contributed by atoms with E-state index in [-0.39, 0.29) is 24.2 Å². The molecule has 0 bridgehead atoms. The molecule has 0 spiro atoms. The summed E-state index contributed by atoms with van der Waals surface area (Å²) in [5.41, 5.74) is 6.84. The van der Waals surface area contributed by atoms with Gasteiger partial charge in [0.05, 0.1) is 6.54 Å². The zero-order valence-corrected chi connectivity index (χ0v) is 14.1. The summed E-state index contributed by atoms with van der Waals surface area (Å²) in [6, 6.07) is 6.03. The fourth-order valence-corrected chi connectivity index (χ4v) is 2.49. The first kappa shape index (κ1) is 16.6. The third kappa shape index (κ3) is 3.35. The number of carbonyl (C=O) groups is 1. The standard InChI is InChI=1S/C16H18FN7O/c1-23(2)16-21-13(20-15(18)22-16)8-19-14(25)12-7-9-6-10(17)4-5-11(9)24(12)3/h4-7H,8H2,1-3H3,(H,19,25)(H2,18,20,21,22). The number of benzene rings is 1. The molecular formula is C16H18FN7O. The summed E-state index contributed by atoms with van der Waals surface area (Å²) in [7, 11) is 5.32. The van der Waals surface area contributed by atoms with Crippen LogP contribution in [0.3, 0.4) is 0 Å². The molecule has 0 saturated carbocycles. The van der Waals surface area contributed by atoms with Crippen LogP contribution in [0.25, 0.3) is 10.9 Å². The van der Waals surface area contributed by atoms with Crippen molar-refractivity contribution in [2.45, 2.75) is 6.54 Å². The molecule has 3 rings (SSSR count). The SMILES string of the molecule is CN(C)c1nc(N)nc(CNC(=O)c2cc3cc(F)ccc3n2C)n1. The van der Waals surface area contributed by atoms with Gasteiger partial charge in [0.2, 0.25) is 11.9 Å². The summed E-state index contributed by atoms with van der Waals surface area (Å²) in [4.78, 5) is 26.4. The maximum absolute atomic E-state index is 13.3. The maximum Gasteiger partial charge on any atom is 0.268 e. The van der Waals surface area contributed by atoms with Crippen molar-refractivity contribution in [1.82, 2.24) is 24.8 Å². The van der Waals surface area contributed by atoms with Crippen LogP contribution in [0.1, 0.15) is 16.3 Å². The van der Waals surface area contributed by atoms with Gasteiger partial charge in [0.15, 0.2) is 5.82 Å². The lowest BCUT2D eigenvalue weighted by atomic mass is 10.2. The van der Waals surface area contributed by atoms with Gasteiger partial charge in [-0.15, -0.1) is 0 Å². The topological polar surface area (TPSA) is 102 Å².